The van der Waals surface area contributed by atoms with Gasteiger partial charge in [0.2, 0.25) is 0 Å². The van der Waals surface area contributed by atoms with Crippen LogP contribution in [0.25, 0.3) is 0 Å². The van der Waals surface area contributed by atoms with Gasteiger partial charge in [0.15, 0.2) is 0 Å². The summed E-state index contributed by atoms with van der Waals surface area (Å²) in [6.07, 6.45) is 1.86. The molecule has 0 spiro atoms. The first-order valence-electron chi connectivity index (χ1n) is 6.89. The Hall–Kier alpha value is -1.80. The third-order valence-electron chi connectivity index (χ3n) is 3.77. The molecule has 1 N–H and O–H groups in total. The number of aliphatic hydroxyl groups excluding tert-OH is 1. The molecule has 0 atom stereocenters. The lowest BCUT2D eigenvalue weighted by atomic mass is 10.0. The van der Waals surface area contributed by atoms with Crippen molar-refractivity contribution in [1.82, 2.24) is 0 Å². The van der Waals surface area contributed by atoms with Crippen LogP contribution in [0, 0.1) is 0 Å². The second kappa shape index (κ2) is 5.45. The summed E-state index contributed by atoms with van der Waals surface area (Å²) in [7, 11) is 0. The van der Waals surface area contributed by atoms with Gasteiger partial charge in [-0.15, -0.1) is 0 Å². The van der Waals surface area contributed by atoms with Crippen molar-refractivity contribution >= 4 is 5.69 Å². The van der Waals surface area contributed by atoms with E-state index in [4.69, 9.17) is 0 Å². The third-order valence-corrected chi connectivity index (χ3v) is 3.77. The molecule has 2 aromatic carbocycles. The van der Waals surface area contributed by atoms with Gasteiger partial charge in [-0.2, -0.15) is 0 Å². The Labute approximate surface area is 114 Å². The van der Waals surface area contributed by atoms with Crippen LogP contribution >= 0.6 is 0 Å². The second-order valence-electron chi connectivity index (χ2n) is 5.06. The number of hydrogen-bond donors (Lipinski definition) is 1. The van der Waals surface area contributed by atoms with Gasteiger partial charge in [-0.3, -0.25) is 0 Å². The summed E-state index contributed by atoms with van der Waals surface area (Å²) in [5.74, 6) is 0. The summed E-state index contributed by atoms with van der Waals surface area (Å²) in [6.45, 7) is 2.25. The van der Waals surface area contributed by atoms with Crippen molar-refractivity contribution in [3.05, 3.63) is 65.2 Å². The number of aliphatic hydroxyl groups is 1. The van der Waals surface area contributed by atoms with Gasteiger partial charge in [-0.1, -0.05) is 48.5 Å². The van der Waals surface area contributed by atoms with Gasteiger partial charge in [-0.25, -0.2) is 0 Å². The molecule has 0 fully saturated rings. The highest BCUT2D eigenvalue weighted by Gasteiger charge is 2.21. The first-order valence-corrected chi connectivity index (χ1v) is 6.89. The first-order chi connectivity index (χ1) is 9.38. The highest BCUT2D eigenvalue weighted by atomic mass is 16.2. The molecule has 0 saturated carbocycles. The SMILES string of the molecule is OCCc1cccc2c1N(Cc1ccccc1)CC2. The number of para-hydroxylation sites is 1. The Morgan fingerprint density at radius 2 is 1.84 bits per heavy atom. The van der Waals surface area contributed by atoms with E-state index in [1.54, 1.807) is 0 Å². The van der Waals surface area contributed by atoms with Crippen LogP contribution in [-0.4, -0.2) is 18.3 Å². The van der Waals surface area contributed by atoms with E-state index in [1.807, 2.05) is 0 Å². The molecule has 1 aliphatic rings. The summed E-state index contributed by atoms with van der Waals surface area (Å²) in [6, 6.07) is 17.0. The largest absolute Gasteiger partial charge is 0.396 e. The molecule has 2 nitrogen and oxygen atoms in total. The highest BCUT2D eigenvalue weighted by Crippen LogP contribution is 2.33. The average molecular weight is 253 g/mol. The molecule has 0 saturated heterocycles. The van der Waals surface area contributed by atoms with Gasteiger partial charge in [0, 0.05) is 25.4 Å². The van der Waals surface area contributed by atoms with Crippen molar-refractivity contribution in [2.45, 2.75) is 19.4 Å². The molecule has 0 amide bonds. The van der Waals surface area contributed by atoms with Crippen molar-refractivity contribution in [2.24, 2.45) is 0 Å². The van der Waals surface area contributed by atoms with E-state index in [2.05, 4.69) is 53.4 Å². The maximum atomic E-state index is 9.21. The molecule has 3 rings (SSSR count). The summed E-state index contributed by atoms with van der Waals surface area (Å²) in [4.78, 5) is 2.44. The smallest absolute Gasteiger partial charge is 0.0472 e. The molecule has 0 unspecified atom stereocenters. The Bertz CT molecular complexity index is 550. The lowest BCUT2D eigenvalue weighted by Crippen LogP contribution is -2.20. The number of anilines is 1. The van der Waals surface area contributed by atoms with Crippen LogP contribution in [0.4, 0.5) is 5.69 Å². The van der Waals surface area contributed by atoms with Crippen molar-refractivity contribution < 1.29 is 5.11 Å². The van der Waals surface area contributed by atoms with Crippen LogP contribution in [-0.2, 0) is 19.4 Å². The number of hydrogen-bond acceptors (Lipinski definition) is 2. The predicted molar refractivity (Wildman–Crippen MR) is 78.4 cm³/mol. The Morgan fingerprint density at radius 1 is 1.00 bits per heavy atom. The summed E-state index contributed by atoms with van der Waals surface area (Å²) < 4.78 is 0. The van der Waals surface area contributed by atoms with Gasteiger partial charge in [0.25, 0.3) is 0 Å². The molecule has 0 aliphatic carbocycles. The number of fused-ring (bicyclic) bond motifs is 1. The van der Waals surface area contributed by atoms with Crippen molar-refractivity contribution in [3.8, 4) is 0 Å². The summed E-state index contributed by atoms with van der Waals surface area (Å²) >= 11 is 0. The van der Waals surface area contributed by atoms with Crippen LogP contribution in [0.15, 0.2) is 48.5 Å². The highest BCUT2D eigenvalue weighted by molar-refractivity contribution is 5.63. The third kappa shape index (κ3) is 2.49. The van der Waals surface area contributed by atoms with E-state index in [0.29, 0.717) is 0 Å². The summed E-state index contributed by atoms with van der Waals surface area (Å²) in [5.41, 5.74) is 5.38. The van der Waals surface area contributed by atoms with Crippen molar-refractivity contribution in [1.29, 1.82) is 0 Å². The second-order valence-corrected chi connectivity index (χ2v) is 5.06. The van der Waals surface area contributed by atoms with Crippen LogP contribution in [0.2, 0.25) is 0 Å². The predicted octanol–water partition coefficient (Wildman–Crippen LogP) is 2.78. The van der Waals surface area contributed by atoms with Gasteiger partial charge in [0.05, 0.1) is 0 Å². The Morgan fingerprint density at radius 3 is 2.63 bits per heavy atom. The lowest BCUT2D eigenvalue weighted by molar-refractivity contribution is 0.299. The molecule has 2 heteroatoms. The first kappa shape index (κ1) is 12.2. The molecule has 0 bridgehead atoms. The number of benzene rings is 2. The zero-order chi connectivity index (χ0) is 13.1. The van der Waals surface area contributed by atoms with E-state index >= 15 is 0 Å². The van der Waals surface area contributed by atoms with Crippen LogP contribution in [0.1, 0.15) is 16.7 Å². The van der Waals surface area contributed by atoms with Crippen LogP contribution < -0.4 is 4.90 Å². The summed E-state index contributed by atoms with van der Waals surface area (Å²) in [5, 5.41) is 9.21. The number of nitrogens with zero attached hydrogens (tertiary/aromatic N) is 1. The molecule has 0 aromatic heterocycles. The maximum absolute atomic E-state index is 9.21. The average Bonchev–Trinajstić information content (AvgIpc) is 2.85. The standard InChI is InChI=1S/C17H19NO/c19-12-10-16-8-4-7-15-9-11-18(17(15)16)13-14-5-2-1-3-6-14/h1-8,19H,9-13H2. The maximum Gasteiger partial charge on any atom is 0.0472 e. The molecule has 98 valence electrons. The van der Waals surface area contributed by atoms with Crippen LogP contribution in [0.5, 0.6) is 0 Å². The van der Waals surface area contributed by atoms with E-state index in [0.717, 1.165) is 25.9 Å². The lowest BCUT2D eigenvalue weighted by Gasteiger charge is -2.22. The van der Waals surface area contributed by atoms with Gasteiger partial charge < -0.3 is 10.0 Å². The topological polar surface area (TPSA) is 23.5 Å². The molecule has 19 heavy (non-hydrogen) atoms. The minimum Gasteiger partial charge on any atom is -0.396 e. The van der Waals surface area contributed by atoms with E-state index in [1.165, 1.54) is 22.4 Å². The minimum absolute atomic E-state index is 0.218. The fraction of sp³-hybridized carbons (Fsp3) is 0.294. The molecule has 2 aromatic rings. The Kier molecular flexibility index (Phi) is 3.51. The van der Waals surface area contributed by atoms with Crippen molar-refractivity contribution in [3.63, 3.8) is 0 Å². The van der Waals surface area contributed by atoms with E-state index in [-0.39, 0.29) is 6.61 Å². The minimum atomic E-state index is 0.218. The Balaban J connectivity index is 1.88. The van der Waals surface area contributed by atoms with E-state index in [9.17, 15) is 5.11 Å². The monoisotopic (exact) mass is 253 g/mol. The fourth-order valence-electron chi connectivity index (χ4n) is 2.90. The molecule has 0 radical (unpaired) electrons. The quantitative estimate of drug-likeness (QED) is 0.905. The molecular weight excluding hydrogens is 234 g/mol. The zero-order valence-electron chi connectivity index (χ0n) is 11.0. The van der Waals surface area contributed by atoms with Gasteiger partial charge in [0.1, 0.15) is 0 Å². The zero-order valence-corrected chi connectivity index (χ0v) is 11.0. The molecular formula is C17H19NO. The fourth-order valence-corrected chi connectivity index (χ4v) is 2.90. The molecule has 1 aliphatic heterocycles. The van der Waals surface area contributed by atoms with Gasteiger partial charge in [-0.05, 0) is 29.5 Å². The van der Waals surface area contributed by atoms with Crippen LogP contribution in [0.3, 0.4) is 0 Å². The number of rotatable bonds is 4. The normalized spacial score (nSPS) is 13.6. The van der Waals surface area contributed by atoms with Crippen molar-refractivity contribution in [2.75, 3.05) is 18.1 Å². The molecule has 1 heterocycles. The van der Waals surface area contributed by atoms with Gasteiger partial charge >= 0.3 is 0 Å². The van der Waals surface area contributed by atoms with E-state index < -0.39 is 0 Å².